The Balaban J connectivity index is 1.31. The SMILES string of the molecule is CN1CCN(C(=O)Nc2cncc(-c3cnc4n[nH]c(-c5nc6nccc(C(=O)N(C)C)c6[nH]5)c4c3)c2)CC1. The van der Waals surface area contributed by atoms with E-state index in [1.54, 1.807) is 49.8 Å². The Bertz CT molecular complexity index is 1700. The van der Waals surface area contributed by atoms with Crippen LogP contribution in [0.4, 0.5) is 10.5 Å². The van der Waals surface area contributed by atoms with E-state index in [9.17, 15) is 9.59 Å². The zero-order valence-corrected chi connectivity index (χ0v) is 21.8. The van der Waals surface area contributed by atoms with Gasteiger partial charge in [-0.15, -0.1) is 0 Å². The maximum Gasteiger partial charge on any atom is 0.321 e. The molecule has 198 valence electrons. The van der Waals surface area contributed by atoms with E-state index in [2.05, 4.69) is 45.3 Å². The second-order valence-electron chi connectivity index (χ2n) is 9.72. The fraction of sp³-hybridized carbons (Fsp3) is 0.269. The first-order valence-corrected chi connectivity index (χ1v) is 12.5. The largest absolute Gasteiger partial charge is 0.345 e. The predicted molar refractivity (Wildman–Crippen MR) is 146 cm³/mol. The third-order valence-electron chi connectivity index (χ3n) is 6.79. The smallest absolute Gasteiger partial charge is 0.321 e. The summed E-state index contributed by atoms with van der Waals surface area (Å²) in [5, 5.41) is 11.0. The van der Waals surface area contributed by atoms with Gasteiger partial charge < -0.3 is 25.0 Å². The molecule has 3 amide bonds. The van der Waals surface area contributed by atoms with Gasteiger partial charge in [-0.05, 0) is 25.2 Å². The van der Waals surface area contributed by atoms with Gasteiger partial charge in [-0.25, -0.2) is 19.7 Å². The van der Waals surface area contributed by atoms with Crippen LogP contribution >= 0.6 is 0 Å². The lowest BCUT2D eigenvalue weighted by molar-refractivity contribution is 0.0829. The third-order valence-corrected chi connectivity index (χ3v) is 6.79. The van der Waals surface area contributed by atoms with Gasteiger partial charge in [0.15, 0.2) is 17.1 Å². The van der Waals surface area contributed by atoms with Crippen LogP contribution in [0.2, 0.25) is 0 Å². The topological polar surface area (TPSA) is 152 Å². The summed E-state index contributed by atoms with van der Waals surface area (Å²) in [5.41, 5.74) is 4.78. The minimum absolute atomic E-state index is 0.140. The van der Waals surface area contributed by atoms with Crippen LogP contribution in [-0.2, 0) is 0 Å². The highest BCUT2D eigenvalue weighted by Gasteiger charge is 2.21. The van der Waals surface area contributed by atoms with Crippen LogP contribution in [0, 0.1) is 0 Å². The van der Waals surface area contributed by atoms with E-state index in [1.165, 1.54) is 4.90 Å². The molecule has 1 aliphatic rings. The Labute approximate surface area is 223 Å². The van der Waals surface area contributed by atoms with Crippen molar-refractivity contribution in [2.24, 2.45) is 0 Å². The lowest BCUT2D eigenvalue weighted by Crippen LogP contribution is -2.48. The number of H-pyrrole nitrogens is 2. The molecule has 0 radical (unpaired) electrons. The molecule has 0 spiro atoms. The number of amides is 3. The second-order valence-corrected chi connectivity index (χ2v) is 9.72. The molecule has 6 heterocycles. The number of hydrogen-bond donors (Lipinski definition) is 3. The van der Waals surface area contributed by atoms with Crippen molar-refractivity contribution in [1.29, 1.82) is 0 Å². The van der Waals surface area contributed by atoms with Crippen molar-refractivity contribution in [2.45, 2.75) is 0 Å². The van der Waals surface area contributed by atoms with Crippen molar-refractivity contribution >= 4 is 39.8 Å². The molecule has 1 saturated heterocycles. The quantitative estimate of drug-likeness (QED) is 0.324. The highest BCUT2D eigenvalue weighted by molar-refractivity contribution is 6.04. The Morgan fingerprint density at radius 3 is 2.59 bits per heavy atom. The number of aromatic nitrogens is 7. The van der Waals surface area contributed by atoms with Crippen molar-refractivity contribution in [3.8, 4) is 22.6 Å². The number of urea groups is 1. The van der Waals surface area contributed by atoms with Crippen molar-refractivity contribution in [3.05, 3.63) is 48.5 Å². The minimum atomic E-state index is -0.150. The molecule has 1 fully saturated rings. The average Bonchev–Trinajstić information content (AvgIpc) is 3.56. The van der Waals surface area contributed by atoms with E-state index in [4.69, 9.17) is 0 Å². The van der Waals surface area contributed by atoms with Gasteiger partial charge in [-0.1, -0.05) is 0 Å². The molecular weight excluding hydrogens is 498 g/mol. The summed E-state index contributed by atoms with van der Waals surface area (Å²) >= 11 is 0. The molecule has 0 bridgehead atoms. The Morgan fingerprint density at radius 2 is 1.79 bits per heavy atom. The first kappa shape index (κ1) is 24.4. The van der Waals surface area contributed by atoms with Crippen LogP contribution in [0.25, 0.3) is 44.8 Å². The van der Waals surface area contributed by atoms with Crippen LogP contribution in [0.15, 0.2) is 43.0 Å². The number of hydrogen-bond acceptors (Lipinski definition) is 8. The molecule has 3 N–H and O–H groups in total. The molecule has 1 aliphatic heterocycles. The fourth-order valence-electron chi connectivity index (χ4n) is 4.56. The molecule has 13 heteroatoms. The number of aromatic amines is 2. The minimum Gasteiger partial charge on any atom is -0.345 e. The van der Waals surface area contributed by atoms with Crippen molar-refractivity contribution in [3.63, 3.8) is 0 Å². The van der Waals surface area contributed by atoms with Crippen LogP contribution in [0.5, 0.6) is 0 Å². The Hall–Kier alpha value is -4.91. The van der Waals surface area contributed by atoms with Gasteiger partial charge in [0.1, 0.15) is 5.69 Å². The van der Waals surface area contributed by atoms with E-state index in [0.717, 1.165) is 29.6 Å². The summed E-state index contributed by atoms with van der Waals surface area (Å²) in [4.78, 5) is 51.9. The van der Waals surface area contributed by atoms with Crippen LogP contribution in [0.1, 0.15) is 10.4 Å². The number of fused-ring (bicyclic) bond motifs is 2. The Kier molecular flexibility index (Phi) is 6.11. The van der Waals surface area contributed by atoms with Crippen LogP contribution in [0.3, 0.4) is 0 Å². The predicted octanol–water partition coefficient (Wildman–Crippen LogP) is 2.44. The van der Waals surface area contributed by atoms with Gasteiger partial charge in [-0.2, -0.15) is 5.10 Å². The van der Waals surface area contributed by atoms with Crippen molar-refractivity contribution in [1.82, 2.24) is 49.8 Å². The molecular formula is C26H27N11O2. The highest BCUT2D eigenvalue weighted by Crippen LogP contribution is 2.30. The lowest BCUT2D eigenvalue weighted by atomic mass is 10.1. The van der Waals surface area contributed by atoms with Gasteiger partial charge in [0, 0.05) is 70.0 Å². The molecule has 0 atom stereocenters. The number of rotatable bonds is 4. The number of imidazole rings is 1. The summed E-state index contributed by atoms with van der Waals surface area (Å²) < 4.78 is 0. The molecule has 13 nitrogen and oxygen atoms in total. The zero-order valence-electron chi connectivity index (χ0n) is 21.8. The summed E-state index contributed by atoms with van der Waals surface area (Å²) in [6, 6.07) is 5.34. The zero-order chi connectivity index (χ0) is 27.1. The maximum atomic E-state index is 12.7. The molecule has 0 aliphatic carbocycles. The summed E-state index contributed by atoms with van der Waals surface area (Å²) in [5.74, 6) is 0.340. The van der Waals surface area contributed by atoms with Crippen LogP contribution < -0.4 is 5.32 Å². The normalized spacial score (nSPS) is 14.2. The van der Waals surface area contributed by atoms with E-state index in [-0.39, 0.29) is 11.9 Å². The monoisotopic (exact) mass is 525 g/mol. The summed E-state index contributed by atoms with van der Waals surface area (Å²) in [7, 11) is 5.44. The number of anilines is 1. The van der Waals surface area contributed by atoms with E-state index in [1.807, 2.05) is 19.2 Å². The third kappa shape index (κ3) is 4.63. The summed E-state index contributed by atoms with van der Waals surface area (Å²) in [6.07, 6.45) is 6.63. The van der Waals surface area contributed by atoms with E-state index >= 15 is 0 Å². The first-order chi connectivity index (χ1) is 18.9. The lowest BCUT2D eigenvalue weighted by Gasteiger charge is -2.32. The number of piperazine rings is 1. The number of nitrogens with zero attached hydrogens (tertiary/aromatic N) is 8. The van der Waals surface area contributed by atoms with Gasteiger partial charge in [0.25, 0.3) is 5.91 Å². The highest BCUT2D eigenvalue weighted by atomic mass is 16.2. The number of carbonyl (C=O) groups is 2. The van der Waals surface area contributed by atoms with Gasteiger partial charge in [0.05, 0.1) is 28.4 Å². The van der Waals surface area contributed by atoms with Crippen molar-refractivity contribution in [2.75, 3.05) is 52.6 Å². The fourth-order valence-corrected chi connectivity index (χ4v) is 4.56. The number of nitrogens with one attached hydrogen (secondary N) is 3. The van der Waals surface area contributed by atoms with Gasteiger partial charge >= 0.3 is 6.03 Å². The molecule has 39 heavy (non-hydrogen) atoms. The first-order valence-electron chi connectivity index (χ1n) is 12.5. The molecule has 5 aromatic heterocycles. The second kappa shape index (κ2) is 9.76. The molecule has 6 rings (SSSR count). The number of carbonyl (C=O) groups excluding carboxylic acids is 2. The standard InChI is InChI=1S/C26H27N11O2/c1-35(2)25(38)18-4-5-28-23-20(18)31-24(32-23)21-19-11-16(13-29-22(19)34-33-21)15-10-17(14-27-12-15)30-26(39)37-8-6-36(3)7-9-37/h4-5,10-14H,6-9H2,1-3H3,(H,30,39)(H,28,31,32)(H,29,33,34). The van der Waals surface area contributed by atoms with E-state index in [0.29, 0.717) is 52.7 Å². The molecule has 0 aromatic carbocycles. The molecule has 0 saturated carbocycles. The Morgan fingerprint density at radius 1 is 1.00 bits per heavy atom. The molecule has 0 unspecified atom stereocenters. The number of likely N-dealkylation sites (N-methyl/N-ethyl adjacent to an activating group) is 1. The van der Waals surface area contributed by atoms with Crippen molar-refractivity contribution < 1.29 is 9.59 Å². The van der Waals surface area contributed by atoms with Crippen LogP contribution in [-0.4, -0.2) is 109 Å². The van der Waals surface area contributed by atoms with Gasteiger partial charge in [0.2, 0.25) is 0 Å². The van der Waals surface area contributed by atoms with Gasteiger partial charge in [-0.3, -0.25) is 14.9 Å². The maximum absolute atomic E-state index is 12.7. The van der Waals surface area contributed by atoms with E-state index < -0.39 is 0 Å². The number of pyridine rings is 3. The average molecular weight is 526 g/mol. The summed E-state index contributed by atoms with van der Waals surface area (Å²) in [6.45, 7) is 3.06. The molecule has 5 aromatic rings.